The SMILES string of the molecule is COc1ccc(S(=O)(=O)N(CC[C@H](Cc2ccc(CN(C)CC[P+](O)(O)O)cc2)NC(=O)O[C@H]2CO[C@H]3OCC[C@H]32)CC(C)C)cc1. The number of sulfonamides is 1. The van der Waals surface area contributed by atoms with Gasteiger partial charge >= 0.3 is 14.0 Å². The lowest BCUT2D eigenvalue weighted by Gasteiger charge is -2.27. The lowest BCUT2D eigenvalue weighted by Crippen LogP contribution is -2.43. The Morgan fingerprint density at radius 1 is 1.04 bits per heavy atom. The van der Waals surface area contributed by atoms with Crippen molar-refractivity contribution in [3.63, 3.8) is 0 Å². The standard InChI is InChI=1S/C32H48N3O10PS/c1-23(2)20-35(47(40,41)28-11-9-27(42-4)10-12-28)15-13-26(33-32(36)45-30-22-44-31-29(30)14-17-43-31)19-24-5-7-25(8-6-24)21-34(3)16-18-46(37,38)39/h5-12,23,26,29-31,37-39H,13-22H2,1-4H3/p+1/t26-,29+,30+,31-/m1/s1. The summed E-state index contributed by atoms with van der Waals surface area (Å²) in [5, 5.41) is 2.99. The molecule has 0 spiro atoms. The van der Waals surface area contributed by atoms with Gasteiger partial charge in [0.1, 0.15) is 11.9 Å². The number of hydrogen-bond donors (Lipinski definition) is 4. The van der Waals surface area contributed by atoms with Crippen molar-refractivity contribution in [2.24, 2.45) is 11.8 Å². The smallest absolute Gasteiger partial charge is 0.407 e. The summed E-state index contributed by atoms with van der Waals surface area (Å²) < 4.78 is 51.1. The van der Waals surface area contributed by atoms with Crippen LogP contribution < -0.4 is 10.1 Å². The lowest BCUT2D eigenvalue weighted by molar-refractivity contribution is -0.0907. The minimum Gasteiger partial charge on any atom is -0.497 e. The number of nitrogens with zero attached hydrogens (tertiary/aromatic N) is 2. The summed E-state index contributed by atoms with van der Waals surface area (Å²) in [5.74, 6) is 0.623. The zero-order valence-corrected chi connectivity index (χ0v) is 29.2. The third-order valence-electron chi connectivity index (χ3n) is 8.30. The topological polar surface area (TPSA) is 167 Å². The monoisotopic (exact) mass is 698 g/mol. The Hall–Kier alpha value is -2.39. The first-order valence-electron chi connectivity index (χ1n) is 15.9. The Kier molecular flexibility index (Phi) is 13.4. The number of benzene rings is 2. The molecule has 2 aliphatic heterocycles. The summed E-state index contributed by atoms with van der Waals surface area (Å²) in [6, 6.07) is 13.7. The van der Waals surface area contributed by atoms with Gasteiger partial charge in [0, 0.05) is 32.2 Å². The molecule has 262 valence electrons. The summed E-state index contributed by atoms with van der Waals surface area (Å²) in [5.41, 5.74) is 1.93. The van der Waals surface area contributed by atoms with Crippen LogP contribution in [0.1, 0.15) is 37.8 Å². The molecule has 0 bridgehead atoms. The molecule has 0 unspecified atom stereocenters. The maximum Gasteiger partial charge on any atom is 0.407 e. The van der Waals surface area contributed by atoms with E-state index in [-0.39, 0.29) is 42.3 Å². The number of carbonyl (C=O) groups excluding carboxylic acids is 1. The maximum atomic E-state index is 13.7. The number of rotatable bonds is 17. The number of fused-ring (bicyclic) bond motifs is 1. The van der Waals surface area contributed by atoms with Crippen LogP contribution in [0.15, 0.2) is 53.4 Å². The van der Waals surface area contributed by atoms with E-state index in [0.717, 1.165) is 17.5 Å². The van der Waals surface area contributed by atoms with Crippen LogP contribution in [0.2, 0.25) is 0 Å². The molecular formula is C32H49N3O10PS+. The molecule has 47 heavy (non-hydrogen) atoms. The van der Waals surface area contributed by atoms with E-state index in [1.54, 1.807) is 12.1 Å². The molecule has 2 aliphatic rings. The van der Waals surface area contributed by atoms with Gasteiger partial charge in [-0.1, -0.05) is 38.1 Å². The predicted octanol–water partition coefficient (Wildman–Crippen LogP) is 3.00. The molecule has 4 rings (SSSR count). The number of hydrogen-bond acceptors (Lipinski definition) is 11. The number of alkyl carbamates (subject to hydrolysis) is 1. The van der Waals surface area contributed by atoms with Crippen LogP contribution in [0, 0.1) is 11.8 Å². The van der Waals surface area contributed by atoms with E-state index in [9.17, 15) is 27.9 Å². The third kappa shape index (κ3) is 11.3. The summed E-state index contributed by atoms with van der Waals surface area (Å²) in [7, 11) is -4.30. The van der Waals surface area contributed by atoms with Crippen molar-refractivity contribution >= 4 is 24.1 Å². The second kappa shape index (κ2) is 16.8. The Morgan fingerprint density at radius 2 is 1.72 bits per heavy atom. The van der Waals surface area contributed by atoms with Crippen molar-refractivity contribution < 1.29 is 46.8 Å². The summed E-state index contributed by atoms with van der Waals surface area (Å²) >= 11 is 0. The predicted molar refractivity (Wildman–Crippen MR) is 177 cm³/mol. The van der Waals surface area contributed by atoms with Crippen LogP contribution in [0.3, 0.4) is 0 Å². The minimum atomic E-state index is -3.82. The normalized spacial score (nSPS) is 20.5. The van der Waals surface area contributed by atoms with E-state index in [1.807, 2.05) is 50.1 Å². The molecule has 0 aliphatic carbocycles. The third-order valence-corrected chi connectivity index (χ3v) is 11.0. The van der Waals surface area contributed by atoms with Gasteiger partial charge in [0.05, 0.1) is 31.1 Å². The molecule has 0 saturated carbocycles. The zero-order valence-electron chi connectivity index (χ0n) is 27.5. The number of methoxy groups -OCH3 is 1. The second-order valence-corrected chi connectivity index (χ2v) is 16.5. The van der Waals surface area contributed by atoms with Gasteiger partial charge in [0.2, 0.25) is 10.0 Å². The van der Waals surface area contributed by atoms with E-state index < -0.39 is 36.2 Å². The zero-order chi connectivity index (χ0) is 34.2. The number of amides is 1. The number of ether oxygens (including phenoxy) is 4. The van der Waals surface area contributed by atoms with Gasteiger partial charge in [0.25, 0.3) is 0 Å². The second-order valence-electron chi connectivity index (χ2n) is 12.7. The Morgan fingerprint density at radius 3 is 2.36 bits per heavy atom. The van der Waals surface area contributed by atoms with Crippen LogP contribution in [-0.2, 0) is 37.2 Å². The number of carbonyl (C=O) groups is 1. The first-order chi connectivity index (χ1) is 22.2. The minimum absolute atomic E-state index is 0.00789. The Bertz CT molecular complexity index is 1390. The summed E-state index contributed by atoms with van der Waals surface area (Å²) in [4.78, 5) is 43.1. The van der Waals surface area contributed by atoms with Crippen molar-refractivity contribution in [2.75, 3.05) is 53.2 Å². The molecule has 1 amide bonds. The fourth-order valence-electron chi connectivity index (χ4n) is 5.79. The van der Waals surface area contributed by atoms with Gasteiger partial charge in [-0.3, -0.25) is 4.90 Å². The molecular weight excluding hydrogens is 649 g/mol. The van der Waals surface area contributed by atoms with Gasteiger partial charge in [-0.15, -0.1) is 0 Å². The molecule has 2 aromatic carbocycles. The van der Waals surface area contributed by atoms with E-state index in [4.69, 9.17) is 18.9 Å². The van der Waals surface area contributed by atoms with Gasteiger partial charge in [-0.25, -0.2) is 13.2 Å². The van der Waals surface area contributed by atoms with Crippen LogP contribution >= 0.6 is 7.94 Å². The van der Waals surface area contributed by atoms with Crippen molar-refractivity contribution in [3.05, 3.63) is 59.7 Å². The highest BCUT2D eigenvalue weighted by Gasteiger charge is 2.44. The van der Waals surface area contributed by atoms with E-state index in [2.05, 4.69) is 5.32 Å². The highest BCUT2D eigenvalue weighted by molar-refractivity contribution is 7.89. The fraction of sp³-hybridized carbons (Fsp3) is 0.594. The quantitative estimate of drug-likeness (QED) is 0.179. The Labute approximate surface area is 278 Å². The Balaban J connectivity index is 1.46. The average molecular weight is 699 g/mol. The molecule has 0 aromatic heterocycles. The first kappa shape index (κ1) is 37.4. The van der Waals surface area contributed by atoms with Crippen molar-refractivity contribution in [2.45, 2.75) is 63.0 Å². The number of nitrogens with one attached hydrogen (secondary N) is 1. The van der Waals surface area contributed by atoms with E-state index in [0.29, 0.717) is 44.8 Å². The first-order valence-corrected chi connectivity index (χ1v) is 19.2. The molecule has 15 heteroatoms. The van der Waals surface area contributed by atoms with Gasteiger partial charge in [-0.05, 0) is 67.6 Å². The molecule has 2 heterocycles. The van der Waals surface area contributed by atoms with Crippen molar-refractivity contribution in [1.82, 2.24) is 14.5 Å². The van der Waals surface area contributed by atoms with Crippen LogP contribution in [0.4, 0.5) is 4.79 Å². The lowest BCUT2D eigenvalue weighted by atomic mass is 10.0. The van der Waals surface area contributed by atoms with Crippen LogP contribution in [0.5, 0.6) is 5.75 Å². The van der Waals surface area contributed by atoms with Crippen LogP contribution in [-0.4, -0.2) is 110 Å². The molecule has 2 aromatic rings. The molecule has 4 N–H and O–H groups in total. The molecule has 2 fully saturated rings. The van der Waals surface area contributed by atoms with Gasteiger partial charge in [-0.2, -0.15) is 19.0 Å². The fourth-order valence-corrected chi connectivity index (χ4v) is 8.01. The van der Waals surface area contributed by atoms with Gasteiger partial charge in [0.15, 0.2) is 12.5 Å². The highest BCUT2D eigenvalue weighted by atomic mass is 32.2. The maximum absolute atomic E-state index is 13.7. The van der Waals surface area contributed by atoms with Crippen molar-refractivity contribution in [3.8, 4) is 5.75 Å². The van der Waals surface area contributed by atoms with E-state index >= 15 is 0 Å². The molecule has 2 saturated heterocycles. The molecule has 13 nitrogen and oxygen atoms in total. The van der Waals surface area contributed by atoms with E-state index in [1.165, 1.54) is 23.5 Å². The van der Waals surface area contributed by atoms with Gasteiger partial charge < -0.3 is 24.3 Å². The molecule has 4 atom stereocenters. The summed E-state index contributed by atoms with van der Waals surface area (Å²) in [6.45, 7) is 6.09. The average Bonchev–Trinajstić information content (AvgIpc) is 3.64. The highest BCUT2D eigenvalue weighted by Crippen LogP contribution is 2.43. The summed E-state index contributed by atoms with van der Waals surface area (Å²) in [6.07, 6.45) is 0.0747. The van der Waals surface area contributed by atoms with Crippen molar-refractivity contribution in [1.29, 1.82) is 0 Å². The molecule has 0 radical (unpaired) electrons. The van der Waals surface area contributed by atoms with Crippen LogP contribution in [0.25, 0.3) is 0 Å². The largest absolute Gasteiger partial charge is 0.497 e.